The molecule has 0 aliphatic heterocycles. The van der Waals surface area contributed by atoms with Gasteiger partial charge >= 0.3 is 108 Å². The Hall–Kier alpha value is 1.42. The van der Waals surface area contributed by atoms with Gasteiger partial charge in [0, 0.05) is 0 Å². The molecule has 0 aromatic heterocycles. The van der Waals surface area contributed by atoms with Crippen LogP contribution in [0.2, 0.25) is 0 Å². The Kier molecular flexibility index (Phi) is 9.66. The van der Waals surface area contributed by atoms with Crippen molar-refractivity contribution < 1.29 is 21.2 Å². The van der Waals surface area contributed by atoms with E-state index in [1.165, 1.54) is 32.5 Å². The van der Waals surface area contributed by atoms with E-state index in [4.69, 9.17) is 0 Å². The van der Waals surface area contributed by atoms with Gasteiger partial charge in [-0.05, 0) is 0 Å². The molecule has 0 rings (SSSR count). The van der Waals surface area contributed by atoms with Crippen LogP contribution in [-0.2, 0) is 0 Å². The van der Waals surface area contributed by atoms with Crippen molar-refractivity contribution in [3.8, 4) is 0 Å². The monoisotopic (exact) mass is 410 g/mol. The Morgan fingerprint density at radius 2 is 2.15 bits per heavy atom. The van der Waals surface area contributed by atoms with Gasteiger partial charge < -0.3 is 0 Å². The Morgan fingerprint density at radius 1 is 1.46 bits per heavy atom. The van der Waals surface area contributed by atoms with Crippen LogP contribution in [0, 0.1) is 0 Å². The van der Waals surface area contributed by atoms with Crippen molar-refractivity contribution in [2.75, 3.05) is 20.3 Å². The molecular formula is C10H22I2N-. The van der Waals surface area contributed by atoms with Gasteiger partial charge in [0.25, 0.3) is 0 Å². The van der Waals surface area contributed by atoms with Crippen LogP contribution in [0.1, 0.15) is 33.1 Å². The molecule has 0 fully saturated rings. The quantitative estimate of drug-likeness (QED) is 0.329. The third-order valence-electron chi connectivity index (χ3n) is 2.20. The van der Waals surface area contributed by atoms with E-state index in [0.717, 1.165) is 0 Å². The minimum atomic E-state index is 0.438. The summed E-state index contributed by atoms with van der Waals surface area (Å²) in [7, 11) is 2.11. The second kappa shape index (κ2) is 8.71. The van der Waals surface area contributed by atoms with Gasteiger partial charge in [-0.1, -0.05) is 0 Å². The van der Waals surface area contributed by atoms with E-state index in [2.05, 4.69) is 48.8 Å². The van der Waals surface area contributed by atoms with Crippen molar-refractivity contribution >= 4 is 22.6 Å². The second-order valence-corrected chi connectivity index (χ2v) is 7.61. The van der Waals surface area contributed by atoms with Crippen LogP contribution < -0.4 is 26.5 Å². The Bertz CT molecular complexity index is 119. The molecule has 3 heteroatoms. The average Bonchev–Trinajstić information content (AvgIpc) is 2.13. The van der Waals surface area contributed by atoms with E-state index in [9.17, 15) is 0 Å². The van der Waals surface area contributed by atoms with Gasteiger partial charge in [-0.15, -0.1) is 0 Å². The summed E-state index contributed by atoms with van der Waals surface area (Å²) >= 11 is 2.92. The third kappa shape index (κ3) is 7.36. The van der Waals surface area contributed by atoms with E-state index in [1.807, 2.05) is 0 Å². The van der Waals surface area contributed by atoms with Crippen LogP contribution in [0.15, 0.2) is 0 Å². The van der Waals surface area contributed by atoms with Crippen LogP contribution in [0.3, 0.4) is 0 Å². The van der Waals surface area contributed by atoms with Crippen LogP contribution >= 0.6 is 22.6 Å². The SMILES string of the molecule is CCCC(C)(C[I-]CCCI)NC. The normalized spacial score (nSPS) is 16.0. The number of hydrogen-bond acceptors (Lipinski definition) is 1. The van der Waals surface area contributed by atoms with Crippen LogP contribution in [0.4, 0.5) is 0 Å². The van der Waals surface area contributed by atoms with E-state index in [0.29, 0.717) is 26.7 Å². The minimum absolute atomic E-state index is 0.438. The second-order valence-electron chi connectivity index (χ2n) is 3.61. The molecule has 1 unspecified atom stereocenters. The Labute approximate surface area is 107 Å². The van der Waals surface area contributed by atoms with E-state index >= 15 is 0 Å². The van der Waals surface area contributed by atoms with Crippen molar-refractivity contribution in [1.82, 2.24) is 5.32 Å². The molecule has 0 saturated heterocycles. The topological polar surface area (TPSA) is 12.0 Å². The summed E-state index contributed by atoms with van der Waals surface area (Å²) in [6.45, 7) is 4.65. The third-order valence-corrected chi connectivity index (χ3v) is 6.71. The maximum absolute atomic E-state index is 3.48. The first-order valence-electron chi connectivity index (χ1n) is 4.97. The van der Waals surface area contributed by atoms with Crippen molar-refractivity contribution in [1.29, 1.82) is 0 Å². The molecular weight excluding hydrogens is 388 g/mol. The zero-order valence-electron chi connectivity index (χ0n) is 9.00. The van der Waals surface area contributed by atoms with Gasteiger partial charge in [-0.2, -0.15) is 0 Å². The van der Waals surface area contributed by atoms with Gasteiger partial charge in [0.2, 0.25) is 0 Å². The number of hydrogen-bond donors (Lipinski definition) is 1. The summed E-state index contributed by atoms with van der Waals surface area (Å²) in [6, 6.07) is 0. The summed E-state index contributed by atoms with van der Waals surface area (Å²) in [6.07, 6.45) is 4.06. The molecule has 0 radical (unpaired) electrons. The van der Waals surface area contributed by atoms with E-state index < -0.39 is 0 Å². The summed E-state index contributed by atoms with van der Waals surface area (Å²) in [5.74, 6) is 0. The summed E-state index contributed by atoms with van der Waals surface area (Å²) in [5, 5.41) is 3.48. The van der Waals surface area contributed by atoms with Crippen molar-refractivity contribution in [2.45, 2.75) is 38.6 Å². The van der Waals surface area contributed by atoms with Gasteiger partial charge in [0.15, 0.2) is 0 Å². The summed E-state index contributed by atoms with van der Waals surface area (Å²) < 4.78 is 4.27. The molecule has 0 aromatic carbocycles. The molecule has 1 atom stereocenters. The zero-order valence-corrected chi connectivity index (χ0v) is 13.3. The van der Waals surface area contributed by atoms with Crippen LogP contribution in [0.5, 0.6) is 0 Å². The van der Waals surface area contributed by atoms with Gasteiger partial charge in [-0.25, -0.2) is 0 Å². The molecule has 0 aliphatic rings. The average molecular weight is 410 g/mol. The molecule has 1 nitrogen and oxygen atoms in total. The summed E-state index contributed by atoms with van der Waals surface area (Å²) in [4.78, 5) is 0. The first-order chi connectivity index (χ1) is 6.18. The molecule has 0 spiro atoms. The standard InChI is InChI=1S/C10H22I2N/c1-4-6-10(2,13-3)9-12-8-5-7-11/h13H,4-9H2,1-3H3/q-1. The van der Waals surface area contributed by atoms with Crippen LogP contribution in [-0.4, -0.2) is 25.9 Å². The maximum atomic E-state index is 3.48. The molecule has 82 valence electrons. The molecule has 1 N–H and O–H groups in total. The fourth-order valence-electron chi connectivity index (χ4n) is 1.23. The first-order valence-corrected chi connectivity index (χ1v) is 9.54. The van der Waals surface area contributed by atoms with E-state index in [-0.39, 0.29) is 0 Å². The Balaban J connectivity index is 3.57. The van der Waals surface area contributed by atoms with Gasteiger partial charge in [0.05, 0.1) is 0 Å². The van der Waals surface area contributed by atoms with Gasteiger partial charge in [0.1, 0.15) is 0 Å². The number of halogens is 2. The van der Waals surface area contributed by atoms with Crippen molar-refractivity contribution in [3.63, 3.8) is 0 Å². The first kappa shape index (κ1) is 14.4. The number of nitrogens with one attached hydrogen (secondary N) is 1. The molecule has 0 aromatic rings. The molecule has 13 heavy (non-hydrogen) atoms. The van der Waals surface area contributed by atoms with Crippen molar-refractivity contribution in [2.24, 2.45) is 0 Å². The molecule has 0 amide bonds. The van der Waals surface area contributed by atoms with Crippen molar-refractivity contribution in [3.05, 3.63) is 0 Å². The molecule has 0 aliphatic carbocycles. The molecule has 0 heterocycles. The predicted molar refractivity (Wildman–Crippen MR) is 65.6 cm³/mol. The van der Waals surface area contributed by atoms with Crippen LogP contribution in [0.25, 0.3) is 0 Å². The number of alkyl halides is 3. The zero-order chi connectivity index (χ0) is 10.2. The fraction of sp³-hybridized carbons (Fsp3) is 1.00. The predicted octanol–water partition coefficient (Wildman–Crippen LogP) is -0.321. The van der Waals surface area contributed by atoms with E-state index in [1.54, 1.807) is 0 Å². The van der Waals surface area contributed by atoms with Gasteiger partial charge in [-0.3, -0.25) is 0 Å². The summed E-state index contributed by atoms with van der Waals surface area (Å²) in [5.41, 5.74) is 0.438. The fourth-order valence-corrected chi connectivity index (χ4v) is 6.33. The molecule has 0 bridgehead atoms. The Morgan fingerprint density at radius 3 is 2.62 bits per heavy atom. The molecule has 0 saturated carbocycles. The number of rotatable bonds is 8.